The molecule has 1 heterocycles. The van der Waals surface area contributed by atoms with E-state index in [1.807, 2.05) is 43.3 Å². The number of amides is 1. The molecule has 1 aromatic heterocycles. The lowest BCUT2D eigenvalue weighted by Gasteiger charge is -2.13. The molecule has 2 aromatic rings. The summed E-state index contributed by atoms with van der Waals surface area (Å²) in [6, 6.07) is 11.8. The van der Waals surface area contributed by atoms with Crippen LogP contribution in [0.2, 0.25) is 0 Å². The van der Waals surface area contributed by atoms with Crippen LogP contribution in [0, 0.1) is 0 Å². The molecule has 1 amide bonds. The van der Waals surface area contributed by atoms with Crippen LogP contribution in [0.25, 0.3) is 11.3 Å². The van der Waals surface area contributed by atoms with Gasteiger partial charge in [-0.2, -0.15) is 0 Å². The maximum atomic E-state index is 11.0. The molecule has 1 aromatic carbocycles. The van der Waals surface area contributed by atoms with Crippen molar-refractivity contribution in [3.05, 3.63) is 48.2 Å². The van der Waals surface area contributed by atoms with E-state index in [9.17, 15) is 4.79 Å². The number of carbonyl (C=O) groups is 1. The minimum Gasteiger partial charge on any atom is -0.464 e. The molecule has 0 aliphatic rings. The smallest absolute Gasteiger partial charge is 0.217 e. The van der Waals surface area contributed by atoms with Crippen LogP contribution in [-0.4, -0.2) is 5.91 Å². The van der Waals surface area contributed by atoms with E-state index in [-0.39, 0.29) is 11.9 Å². The maximum absolute atomic E-state index is 11.0. The summed E-state index contributed by atoms with van der Waals surface area (Å²) in [4.78, 5) is 11.0. The van der Waals surface area contributed by atoms with Gasteiger partial charge in [0.1, 0.15) is 5.76 Å². The van der Waals surface area contributed by atoms with Gasteiger partial charge >= 0.3 is 0 Å². The van der Waals surface area contributed by atoms with Gasteiger partial charge < -0.3 is 9.73 Å². The predicted molar refractivity (Wildman–Crippen MR) is 66.4 cm³/mol. The zero-order valence-electron chi connectivity index (χ0n) is 9.94. The first-order valence-corrected chi connectivity index (χ1v) is 5.58. The van der Waals surface area contributed by atoms with Crippen molar-refractivity contribution in [2.45, 2.75) is 19.9 Å². The van der Waals surface area contributed by atoms with E-state index in [0.29, 0.717) is 0 Å². The normalized spacial score (nSPS) is 12.1. The van der Waals surface area contributed by atoms with Crippen LogP contribution in [0.15, 0.2) is 47.1 Å². The SMILES string of the molecule is CC(=O)NC(C)c1cccc(-c2ccco2)c1. The van der Waals surface area contributed by atoms with Gasteiger partial charge in [0, 0.05) is 12.5 Å². The van der Waals surface area contributed by atoms with Gasteiger partial charge in [0.2, 0.25) is 5.91 Å². The highest BCUT2D eigenvalue weighted by Crippen LogP contribution is 2.23. The summed E-state index contributed by atoms with van der Waals surface area (Å²) in [7, 11) is 0. The van der Waals surface area contributed by atoms with Crippen LogP contribution in [0.3, 0.4) is 0 Å². The quantitative estimate of drug-likeness (QED) is 0.878. The molecule has 3 heteroatoms. The third-order valence-electron chi connectivity index (χ3n) is 2.61. The third-order valence-corrected chi connectivity index (χ3v) is 2.61. The molecule has 0 spiro atoms. The Morgan fingerprint density at radius 1 is 1.29 bits per heavy atom. The fraction of sp³-hybridized carbons (Fsp3) is 0.214. The molecule has 0 radical (unpaired) electrons. The molecule has 2 rings (SSSR count). The van der Waals surface area contributed by atoms with E-state index in [1.54, 1.807) is 6.26 Å². The van der Waals surface area contributed by atoms with E-state index >= 15 is 0 Å². The van der Waals surface area contributed by atoms with Crippen molar-refractivity contribution in [1.29, 1.82) is 0 Å². The second kappa shape index (κ2) is 4.87. The number of rotatable bonds is 3. The van der Waals surface area contributed by atoms with Gasteiger partial charge in [0.15, 0.2) is 0 Å². The van der Waals surface area contributed by atoms with Gasteiger partial charge in [-0.15, -0.1) is 0 Å². The number of furan rings is 1. The molecule has 0 saturated carbocycles. The molecular formula is C14H15NO2. The summed E-state index contributed by atoms with van der Waals surface area (Å²) < 4.78 is 5.35. The first-order valence-electron chi connectivity index (χ1n) is 5.58. The van der Waals surface area contributed by atoms with Crippen molar-refractivity contribution < 1.29 is 9.21 Å². The van der Waals surface area contributed by atoms with Crippen molar-refractivity contribution in [3.63, 3.8) is 0 Å². The second-order valence-corrected chi connectivity index (χ2v) is 4.02. The summed E-state index contributed by atoms with van der Waals surface area (Å²) >= 11 is 0. The molecule has 0 bridgehead atoms. The Morgan fingerprint density at radius 3 is 2.76 bits per heavy atom. The van der Waals surface area contributed by atoms with Gasteiger partial charge in [-0.05, 0) is 30.7 Å². The lowest BCUT2D eigenvalue weighted by molar-refractivity contribution is -0.119. The Morgan fingerprint density at radius 2 is 2.12 bits per heavy atom. The first-order chi connectivity index (χ1) is 8.16. The summed E-state index contributed by atoms with van der Waals surface area (Å²) in [6.45, 7) is 3.48. The van der Waals surface area contributed by atoms with E-state index in [2.05, 4.69) is 5.32 Å². The van der Waals surface area contributed by atoms with Crippen LogP contribution in [0.1, 0.15) is 25.5 Å². The molecule has 88 valence electrons. The zero-order valence-corrected chi connectivity index (χ0v) is 9.94. The highest BCUT2D eigenvalue weighted by Gasteiger charge is 2.08. The zero-order chi connectivity index (χ0) is 12.3. The summed E-state index contributed by atoms with van der Waals surface area (Å²) in [5, 5.41) is 2.86. The van der Waals surface area contributed by atoms with Crippen LogP contribution in [0.4, 0.5) is 0 Å². The number of hydrogen-bond donors (Lipinski definition) is 1. The molecule has 3 nitrogen and oxygen atoms in total. The number of benzene rings is 1. The van der Waals surface area contributed by atoms with Crippen molar-refractivity contribution in [1.82, 2.24) is 5.32 Å². The molecule has 1 N–H and O–H groups in total. The van der Waals surface area contributed by atoms with E-state index in [1.165, 1.54) is 6.92 Å². The number of carbonyl (C=O) groups excluding carboxylic acids is 1. The Kier molecular flexibility index (Phi) is 3.28. The highest BCUT2D eigenvalue weighted by atomic mass is 16.3. The predicted octanol–water partition coefficient (Wildman–Crippen LogP) is 3.14. The minimum absolute atomic E-state index is 0.00223. The molecular weight excluding hydrogens is 214 g/mol. The first kappa shape index (κ1) is 11.5. The summed E-state index contributed by atoms with van der Waals surface area (Å²) in [6.07, 6.45) is 1.65. The molecule has 0 aliphatic carbocycles. The third kappa shape index (κ3) is 2.75. The average Bonchev–Trinajstić information content (AvgIpc) is 2.82. The molecule has 0 saturated heterocycles. The highest BCUT2D eigenvalue weighted by molar-refractivity contribution is 5.73. The fourth-order valence-corrected chi connectivity index (χ4v) is 1.79. The molecule has 1 unspecified atom stereocenters. The average molecular weight is 229 g/mol. The second-order valence-electron chi connectivity index (χ2n) is 4.02. The van der Waals surface area contributed by atoms with Crippen molar-refractivity contribution >= 4 is 5.91 Å². The van der Waals surface area contributed by atoms with Gasteiger partial charge in [-0.25, -0.2) is 0 Å². The van der Waals surface area contributed by atoms with Gasteiger partial charge in [0.25, 0.3) is 0 Å². The molecule has 0 fully saturated rings. The van der Waals surface area contributed by atoms with Crippen LogP contribution >= 0.6 is 0 Å². The van der Waals surface area contributed by atoms with Crippen LogP contribution in [0.5, 0.6) is 0 Å². The number of nitrogens with one attached hydrogen (secondary N) is 1. The van der Waals surface area contributed by atoms with Crippen molar-refractivity contribution in [3.8, 4) is 11.3 Å². The van der Waals surface area contributed by atoms with Crippen LogP contribution in [-0.2, 0) is 4.79 Å². The minimum atomic E-state index is -0.0269. The maximum Gasteiger partial charge on any atom is 0.217 e. The Labute approximate surface area is 100 Å². The standard InChI is InChI=1S/C14H15NO2/c1-10(15-11(2)16)12-5-3-6-13(9-12)14-7-4-8-17-14/h3-10H,1-2H3,(H,15,16). The molecule has 0 aliphatic heterocycles. The largest absolute Gasteiger partial charge is 0.464 e. The van der Waals surface area contributed by atoms with Crippen molar-refractivity contribution in [2.75, 3.05) is 0 Å². The summed E-state index contributed by atoms with van der Waals surface area (Å²) in [5.41, 5.74) is 2.08. The number of hydrogen-bond acceptors (Lipinski definition) is 2. The van der Waals surface area contributed by atoms with E-state index in [0.717, 1.165) is 16.9 Å². The van der Waals surface area contributed by atoms with Crippen LogP contribution < -0.4 is 5.32 Å². The molecule has 17 heavy (non-hydrogen) atoms. The van der Waals surface area contributed by atoms with Gasteiger partial charge in [-0.1, -0.05) is 18.2 Å². The monoisotopic (exact) mass is 229 g/mol. The van der Waals surface area contributed by atoms with E-state index < -0.39 is 0 Å². The topological polar surface area (TPSA) is 42.2 Å². The van der Waals surface area contributed by atoms with Gasteiger partial charge in [0.05, 0.1) is 12.3 Å². The van der Waals surface area contributed by atoms with Gasteiger partial charge in [-0.3, -0.25) is 4.79 Å². The fourth-order valence-electron chi connectivity index (χ4n) is 1.79. The Bertz CT molecular complexity index is 503. The summed E-state index contributed by atoms with van der Waals surface area (Å²) in [5.74, 6) is 0.808. The lowest BCUT2D eigenvalue weighted by Crippen LogP contribution is -2.23. The lowest BCUT2D eigenvalue weighted by atomic mass is 10.0. The Balaban J connectivity index is 2.25. The molecule has 1 atom stereocenters. The Hall–Kier alpha value is -2.03. The van der Waals surface area contributed by atoms with Crippen molar-refractivity contribution in [2.24, 2.45) is 0 Å². The van der Waals surface area contributed by atoms with E-state index in [4.69, 9.17) is 4.42 Å².